The maximum absolute atomic E-state index is 12.4. The molecule has 8 nitrogen and oxygen atoms in total. The summed E-state index contributed by atoms with van der Waals surface area (Å²) in [4.78, 5) is 5.09. The number of nitrogens with one attached hydrogen (secondary N) is 1. The largest absolute Gasteiger partial charge is 0.486 e. The molecule has 1 aliphatic rings. The molecule has 1 aliphatic heterocycles. The van der Waals surface area contributed by atoms with Crippen LogP contribution in [0.4, 0.5) is 0 Å². The molecule has 10 heteroatoms. The van der Waals surface area contributed by atoms with Gasteiger partial charge in [0, 0.05) is 6.07 Å². The van der Waals surface area contributed by atoms with Gasteiger partial charge in [0.25, 0.3) is 5.89 Å². The number of hydrogen-bond donors (Lipinski definition) is 1. The molecule has 1 N–H and O–H groups in total. The standard InChI is InChI=1S/C15H13N3O5S2/c19-25(20,10-3-4-11-12(8-10)22-6-5-21-11)16-9-14-17-15(23-18-14)13-2-1-7-24-13/h1-4,7-8,16H,5-6,9H2. The number of fused-ring (bicyclic) bond motifs is 1. The van der Waals surface area contributed by atoms with Crippen LogP contribution in [0.5, 0.6) is 11.5 Å². The number of hydrogen-bond acceptors (Lipinski definition) is 8. The molecule has 2 aromatic heterocycles. The van der Waals surface area contributed by atoms with E-state index in [1.54, 1.807) is 6.07 Å². The predicted octanol–water partition coefficient (Wildman–Crippen LogP) is 2.05. The number of nitrogens with zero attached hydrogens (tertiary/aromatic N) is 2. The fourth-order valence-electron chi connectivity index (χ4n) is 2.26. The van der Waals surface area contributed by atoms with Crippen LogP contribution < -0.4 is 14.2 Å². The molecule has 4 rings (SSSR count). The summed E-state index contributed by atoms with van der Waals surface area (Å²) in [6.45, 7) is 0.756. The number of benzene rings is 1. The summed E-state index contributed by atoms with van der Waals surface area (Å²) in [5.41, 5.74) is 0. The van der Waals surface area contributed by atoms with Crippen molar-refractivity contribution in [2.75, 3.05) is 13.2 Å². The van der Waals surface area contributed by atoms with Crippen molar-refractivity contribution in [2.24, 2.45) is 0 Å². The Kier molecular flexibility index (Phi) is 4.15. The third kappa shape index (κ3) is 3.36. The first-order valence-electron chi connectivity index (χ1n) is 7.38. The summed E-state index contributed by atoms with van der Waals surface area (Å²) < 4.78 is 43.3. The van der Waals surface area contributed by atoms with E-state index >= 15 is 0 Å². The minimum absolute atomic E-state index is 0.0777. The van der Waals surface area contributed by atoms with E-state index < -0.39 is 10.0 Å². The number of thiophene rings is 1. The van der Waals surface area contributed by atoms with Crippen molar-refractivity contribution in [3.8, 4) is 22.3 Å². The van der Waals surface area contributed by atoms with Crippen LogP contribution in [-0.4, -0.2) is 31.8 Å². The Labute approximate surface area is 147 Å². The molecule has 25 heavy (non-hydrogen) atoms. The fourth-order valence-corrected chi connectivity index (χ4v) is 3.90. The molecule has 3 heterocycles. The second-order valence-electron chi connectivity index (χ2n) is 5.12. The van der Waals surface area contributed by atoms with Crippen LogP contribution in [0.25, 0.3) is 10.8 Å². The van der Waals surface area contributed by atoms with Gasteiger partial charge < -0.3 is 14.0 Å². The highest BCUT2D eigenvalue weighted by Gasteiger charge is 2.20. The number of rotatable bonds is 5. The zero-order valence-electron chi connectivity index (χ0n) is 12.8. The Morgan fingerprint density at radius 3 is 2.80 bits per heavy atom. The summed E-state index contributed by atoms with van der Waals surface area (Å²) in [5.74, 6) is 1.56. The summed E-state index contributed by atoms with van der Waals surface area (Å²) in [6.07, 6.45) is 0. The van der Waals surface area contributed by atoms with Gasteiger partial charge in [0.1, 0.15) is 13.2 Å². The number of sulfonamides is 1. The topological polar surface area (TPSA) is 104 Å². The Morgan fingerprint density at radius 2 is 2.00 bits per heavy atom. The Hall–Kier alpha value is -2.43. The third-order valence-electron chi connectivity index (χ3n) is 3.44. The first-order valence-corrected chi connectivity index (χ1v) is 9.74. The monoisotopic (exact) mass is 379 g/mol. The van der Waals surface area contributed by atoms with E-state index in [1.165, 1.54) is 23.5 Å². The summed E-state index contributed by atoms with van der Waals surface area (Å²) in [5, 5.41) is 5.68. The van der Waals surface area contributed by atoms with Gasteiger partial charge >= 0.3 is 0 Å². The molecule has 0 saturated carbocycles. The Balaban J connectivity index is 1.48. The first-order chi connectivity index (χ1) is 12.1. The molecule has 0 atom stereocenters. The van der Waals surface area contributed by atoms with E-state index in [2.05, 4.69) is 14.9 Å². The lowest BCUT2D eigenvalue weighted by Gasteiger charge is -2.18. The first kappa shape index (κ1) is 16.1. The molecule has 0 spiro atoms. The van der Waals surface area contributed by atoms with Gasteiger partial charge in [-0.25, -0.2) is 13.1 Å². The molecule has 3 aromatic rings. The number of aromatic nitrogens is 2. The number of ether oxygens (including phenoxy) is 2. The second-order valence-corrected chi connectivity index (χ2v) is 7.84. The Bertz CT molecular complexity index is 983. The zero-order chi connectivity index (χ0) is 17.3. The summed E-state index contributed by atoms with van der Waals surface area (Å²) in [7, 11) is -3.74. The smallest absolute Gasteiger partial charge is 0.268 e. The maximum atomic E-state index is 12.4. The van der Waals surface area contributed by atoms with Crippen molar-refractivity contribution in [1.82, 2.24) is 14.9 Å². The van der Waals surface area contributed by atoms with E-state index in [9.17, 15) is 8.42 Å². The van der Waals surface area contributed by atoms with Gasteiger partial charge in [-0.05, 0) is 23.6 Å². The minimum Gasteiger partial charge on any atom is -0.486 e. The fraction of sp³-hybridized carbons (Fsp3) is 0.200. The van der Waals surface area contributed by atoms with Crippen molar-refractivity contribution in [3.05, 3.63) is 41.5 Å². The SMILES string of the molecule is O=S(=O)(NCc1noc(-c2cccs2)n1)c1ccc2c(c1)OCCO2. The minimum atomic E-state index is -3.74. The lowest BCUT2D eigenvalue weighted by Crippen LogP contribution is -2.24. The van der Waals surface area contributed by atoms with Crippen molar-refractivity contribution in [1.29, 1.82) is 0 Å². The van der Waals surface area contributed by atoms with Crippen molar-refractivity contribution < 1.29 is 22.4 Å². The maximum Gasteiger partial charge on any atom is 0.268 e. The van der Waals surface area contributed by atoms with E-state index in [0.717, 1.165) is 4.88 Å². The van der Waals surface area contributed by atoms with Crippen LogP contribution in [0.1, 0.15) is 5.82 Å². The highest BCUT2D eigenvalue weighted by molar-refractivity contribution is 7.89. The average Bonchev–Trinajstić information content (AvgIpc) is 3.31. The highest BCUT2D eigenvalue weighted by atomic mass is 32.2. The van der Waals surface area contributed by atoms with Crippen molar-refractivity contribution in [2.45, 2.75) is 11.4 Å². The van der Waals surface area contributed by atoms with Crippen LogP contribution in [-0.2, 0) is 16.6 Å². The lowest BCUT2D eigenvalue weighted by molar-refractivity contribution is 0.171. The van der Waals surface area contributed by atoms with E-state index in [4.69, 9.17) is 14.0 Å². The van der Waals surface area contributed by atoms with Gasteiger partial charge in [0.05, 0.1) is 16.3 Å². The van der Waals surface area contributed by atoms with Gasteiger partial charge in [0.2, 0.25) is 10.0 Å². The lowest BCUT2D eigenvalue weighted by atomic mass is 10.3. The van der Waals surface area contributed by atoms with E-state index in [0.29, 0.717) is 30.6 Å². The second kappa shape index (κ2) is 6.47. The van der Waals surface area contributed by atoms with Gasteiger partial charge in [-0.1, -0.05) is 11.2 Å². The molecule has 0 saturated heterocycles. The van der Waals surface area contributed by atoms with Crippen LogP contribution in [0, 0.1) is 0 Å². The molecule has 130 valence electrons. The van der Waals surface area contributed by atoms with Gasteiger partial charge in [0.15, 0.2) is 17.3 Å². The Morgan fingerprint density at radius 1 is 1.16 bits per heavy atom. The molecule has 0 fully saturated rings. The molecule has 0 radical (unpaired) electrons. The molecular weight excluding hydrogens is 366 g/mol. The van der Waals surface area contributed by atoms with Crippen LogP contribution in [0.2, 0.25) is 0 Å². The predicted molar refractivity (Wildman–Crippen MR) is 89.1 cm³/mol. The van der Waals surface area contributed by atoms with E-state index in [-0.39, 0.29) is 17.3 Å². The van der Waals surface area contributed by atoms with Gasteiger partial charge in [-0.2, -0.15) is 4.98 Å². The molecule has 0 amide bonds. The quantitative estimate of drug-likeness (QED) is 0.723. The van der Waals surface area contributed by atoms with Gasteiger partial charge in [-0.15, -0.1) is 11.3 Å². The summed E-state index contributed by atoms with van der Waals surface area (Å²) in [6, 6.07) is 8.19. The van der Waals surface area contributed by atoms with Crippen LogP contribution in [0.3, 0.4) is 0 Å². The van der Waals surface area contributed by atoms with Crippen LogP contribution in [0.15, 0.2) is 45.1 Å². The molecule has 0 unspecified atom stereocenters. The van der Waals surface area contributed by atoms with E-state index in [1.807, 2.05) is 17.5 Å². The third-order valence-corrected chi connectivity index (χ3v) is 5.70. The van der Waals surface area contributed by atoms with Crippen LogP contribution >= 0.6 is 11.3 Å². The highest BCUT2D eigenvalue weighted by Crippen LogP contribution is 2.32. The van der Waals surface area contributed by atoms with Crippen molar-refractivity contribution in [3.63, 3.8) is 0 Å². The average molecular weight is 379 g/mol. The normalized spacial score (nSPS) is 13.8. The molecule has 1 aromatic carbocycles. The molecule has 0 aliphatic carbocycles. The van der Waals surface area contributed by atoms with Crippen molar-refractivity contribution >= 4 is 21.4 Å². The van der Waals surface area contributed by atoms with Gasteiger partial charge in [-0.3, -0.25) is 0 Å². The zero-order valence-corrected chi connectivity index (χ0v) is 14.5. The summed E-state index contributed by atoms with van der Waals surface area (Å²) >= 11 is 1.46. The molecule has 0 bridgehead atoms. The molecular formula is C15H13N3O5S2.